The van der Waals surface area contributed by atoms with Crippen molar-refractivity contribution in [2.24, 2.45) is 0 Å². The molecule has 0 unspecified atom stereocenters. The Kier molecular flexibility index (Phi) is 25.5. The van der Waals surface area contributed by atoms with Crippen LogP contribution in [0.1, 0.15) is 84.5 Å². The number of ether oxygens (including phenoxy) is 4. The molecule has 0 heterocycles. The number of thioether (sulfide) groups is 1. The highest BCUT2D eigenvalue weighted by Crippen LogP contribution is 2.13. The molecule has 0 spiro atoms. The van der Waals surface area contributed by atoms with Crippen LogP contribution >= 0.6 is 11.8 Å². The maximum absolute atomic E-state index is 11.7. The zero-order valence-electron chi connectivity index (χ0n) is 19.1. The Morgan fingerprint density at radius 1 is 0.621 bits per heavy atom. The van der Waals surface area contributed by atoms with Crippen molar-refractivity contribution in [3.8, 4) is 0 Å². The first-order chi connectivity index (χ1) is 14.3. The van der Waals surface area contributed by atoms with Gasteiger partial charge in [0.1, 0.15) is 6.61 Å². The van der Waals surface area contributed by atoms with Crippen molar-refractivity contribution in [1.82, 2.24) is 0 Å². The van der Waals surface area contributed by atoms with Crippen molar-refractivity contribution in [3.05, 3.63) is 0 Å². The minimum atomic E-state index is -0.128. The van der Waals surface area contributed by atoms with E-state index in [1.165, 1.54) is 64.2 Å². The minimum absolute atomic E-state index is 0.128. The summed E-state index contributed by atoms with van der Waals surface area (Å²) >= 11 is 1.86. The van der Waals surface area contributed by atoms with Gasteiger partial charge in [-0.05, 0) is 19.1 Å². The molecular formula is C23H46O5S. The summed E-state index contributed by atoms with van der Waals surface area (Å²) in [5.41, 5.74) is 0. The standard InChI is InChI=1S/C23H46O5S/c1-3-5-6-7-8-9-10-11-12-13-21-29-22-14-23(24)28-20-19-27-18-17-26-16-15-25-4-2/h3-22H2,1-2H3. The van der Waals surface area contributed by atoms with Gasteiger partial charge in [-0.3, -0.25) is 4.79 Å². The topological polar surface area (TPSA) is 54.0 Å². The molecule has 0 aromatic carbocycles. The lowest BCUT2D eigenvalue weighted by Gasteiger charge is -2.07. The second kappa shape index (κ2) is 25.7. The summed E-state index contributed by atoms with van der Waals surface area (Å²) in [7, 11) is 0. The van der Waals surface area contributed by atoms with Crippen LogP contribution in [0.5, 0.6) is 0 Å². The summed E-state index contributed by atoms with van der Waals surface area (Å²) in [6, 6.07) is 0. The first-order valence-electron chi connectivity index (χ1n) is 11.8. The van der Waals surface area contributed by atoms with E-state index in [0.29, 0.717) is 52.7 Å². The number of hydrogen-bond donors (Lipinski definition) is 0. The molecule has 0 saturated carbocycles. The maximum Gasteiger partial charge on any atom is 0.306 e. The highest BCUT2D eigenvalue weighted by Gasteiger charge is 2.02. The van der Waals surface area contributed by atoms with Crippen LogP contribution in [0.25, 0.3) is 0 Å². The number of hydrogen-bond acceptors (Lipinski definition) is 6. The van der Waals surface area contributed by atoms with Crippen LogP contribution in [-0.2, 0) is 23.7 Å². The van der Waals surface area contributed by atoms with Crippen LogP contribution in [0.2, 0.25) is 0 Å². The monoisotopic (exact) mass is 434 g/mol. The molecule has 5 nitrogen and oxygen atoms in total. The molecule has 6 heteroatoms. The first kappa shape index (κ1) is 28.7. The summed E-state index contributed by atoms with van der Waals surface area (Å²) in [5, 5.41) is 0. The lowest BCUT2D eigenvalue weighted by Crippen LogP contribution is -2.14. The lowest BCUT2D eigenvalue weighted by atomic mass is 10.1. The average molecular weight is 435 g/mol. The van der Waals surface area contributed by atoms with Crippen molar-refractivity contribution >= 4 is 17.7 Å². The van der Waals surface area contributed by atoms with Gasteiger partial charge >= 0.3 is 5.97 Å². The molecule has 0 aliphatic heterocycles. The maximum atomic E-state index is 11.7. The molecule has 0 fully saturated rings. The van der Waals surface area contributed by atoms with Crippen LogP contribution in [0, 0.1) is 0 Å². The predicted molar refractivity (Wildman–Crippen MR) is 123 cm³/mol. The van der Waals surface area contributed by atoms with Crippen LogP contribution in [0.15, 0.2) is 0 Å². The lowest BCUT2D eigenvalue weighted by molar-refractivity contribution is -0.144. The van der Waals surface area contributed by atoms with E-state index in [1.54, 1.807) is 0 Å². The Morgan fingerprint density at radius 3 is 1.72 bits per heavy atom. The van der Waals surface area contributed by atoms with Gasteiger partial charge in [0.2, 0.25) is 0 Å². The molecular weight excluding hydrogens is 388 g/mol. The molecule has 0 bridgehead atoms. The number of rotatable bonds is 24. The fourth-order valence-electron chi connectivity index (χ4n) is 2.82. The van der Waals surface area contributed by atoms with E-state index in [0.717, 1.165) is 11.5 Å². The molecule has 0 N–H and O–H groups in total. The van der Waals surface area contributed by atoms with E-state index in [2.05, 4.69) is 6.92 Å². The van der Waals surface area contributed by atoms with Gasteiger partial charge in [0.25, 0.3) is 0 Å². The van der Waals surface area contributed by atoms with E-state index < -0.39 is 0 Å². The Bertz CT molecular complexity index is 328. The average Bonchev–Trinajstić information content (AvgIpc) is 2.72. The van der Waals surface area contributed by atoms with Gasteiger partial charge in [0.05, 0.1) is 39.5 Å². The van der Waals surface area contributed by atoms with Gasteiger partial charge < -0.3 is 18.9 Å². The predicted octanol–water partition coefficient (Wildman–Crippen LogP) is 5.64. The molecule has 0 saturated heterocycles. The molecule has 0 aliphatic carbocycles. The van der Waals surface area contributed by atoms with Gasteiger partial charge in [-0.25, -0.2) is 0 Å². The minimum Gasteiger partial charge on any atom is -0.463 e. The SMILES string of the molecule is CCCCCCCCCCCCSCCC(=O)OCCOCCOCCOCC. The van der Waals surface area contributed by atoms with E-state index >= 15 is 0 Å². The zero-order valence-corrected chi connectivity index (χ0v) is 19.9. The van der Waals surface area contributed by atoms with E-state index in [4.69, 9.17) is 18.9 Å². The number of carbonyl (C=O) groups is 1. The Morgan fingerprint density at radius 2 is 1.14 bits per heavy atom. The molecule has 0 amide bonds. The largest absolute Gasteiger partial charge is 0.463 e. The normalized spacial score (nSPS) is 11.1. The molecule has 0 atom stereocenters. The van der Waals surface area contributed by atoms with Gasteiger partial charge in [0.15, 0.2) is 0 Å². The molecule has 174 valence electrons. The van der Waals surface area contributed by atoms with E-state index in [1.807, 2.05) is 18.7 Å². The van der Waals surface area contributed by atoms with Gasteiger partial charge in [-0.15, -0.1) is 0 Å². The molecule has 0 rings (SSSR count). The molecule has 0 aromatic heterocycles. The van der Waals surface area contributed by atoms with Crippen LogP contribution in [0.3, 0.4) is 0 Å². The number of carbonyl (C=O) groups excluding carboxylic acids is 1. The number of unbranched alkanes of at least 4 members (excludes halogenated alkanes) is 9. The fourth-order valence-corrected chi connectivity index (χ4v) is 3.74. The fraction of sp³-hybridized carbons (Fsp3) is 0.957. The van der Waals surface area contributed by atoms with E-state index in [9.17, 15) is 4.79 Å². The van der Waals surface area contributed by atoms with Gasteiger partial charge in [-0.2, -0.15) is 11.8 Å². The van der Waals surface area contributed by atoms with Crippen molar-refractivity contribution < 1.29 is 23.7 Å². The smallest absolute Gasteiger partial charge is 0.306 e. The molecule has 0 aromatic rings. The first-order valence-corrected chi connectivity index (χ1v) is 12.9. The van der Waals surface area contributed by atoms with Gasteiger partial charge in [-0.1, -0.05) is 64.7 Å². The Labute approximate surface area is 184 Å². The molecule has 0 aliphatic rings. The Hall–Kier alpha value is -0.300. The quantitative estimate of drug-likeness (QED) is 0.145. The summed E-state index contributed by atoms with van der Waals surface area (Å²) < 4.78 is 21.0. The van der Waals surface area contributed by atoms with Crippen molar-refractivity contribution in [2.45, 2.75) is 84.5 Å². The summed E-state index contributed by atoms with van der Waals surface area (Å²) in [6.45, 7) is 7.93. The van der Waals surface area contributed by atoms with Crippen LogP contribution < -0.4 is 0 Å². The number of esters is 1. The van der Waals surface area contributed by atoms with Crippen LogP contribution in [-0.4, -0.2) is 63.7 Å². The third kappa shape index (κ3) is 25.7. The second-order valence-electron chi connectivity index (χ2n) is 7.19. The zero-order chi connectivity index (χ0) is 21.3. The summed E-state index contributed by atoms with van der Waals surface area (Å²) in [6.07, 6.45) is 14.1. The second-order valence-corrected chi connectivity index (χ2v) is 8.41. The van der Waals surface area contributed by atoms with Crippen molar-refractivity contribution in [1.29, 1.82) is 0 Å². The van der Waals surface area contributed by atoms with Gasteiger partial charge in [0, 0.05) is 12.4 Å². The molecule has 29 heavy (non-hydrogen) atoms. The van der Waals surface area contributed by atoms with Crippen molar-refractivity contribution in [2.75, 3.05) is 57.8 Å². The van der Waals surface area contributed by atoms with E-state index in [-0.39, 0.29) is 5.97 Å². The summed E-state index contributed by atoms with van der Waals surface area (Å²) in [5.74, 6) is 1.87. The third-order valence-corrected chi connectivity index (χ3v) is 5.60. The highest BCUT2D eigenvalue weighted by atomic mass is 32.2. The molecule has 0 radical (unpaired) electrons. The van der Waals surface area contributed by atoms with Crippen molar-refractivity contribution in [3.63, 3.8) is 0 Å². The van der Waals surface area contributed by atoms with Crippen LogP contribution in [0.4, 0.5) is 0 Å². The Balaban J connectivity index is 3.13. The summed E-state index contributed by atoms with van der Waals surface area (Å²) in [4.78, 5) is 11.7. The third-order valence-electron chi connectivity index (χ3n) is 4.53. The highest BCUT2D eigenvalue weighted by molar-refractivity contribution is 7.99.